The van der Waals surface area contributed by atoms with Crippen molar-refractivity contribution in [2.75, 3.05) is 5.73 Å². The van der Waals surface area contributed by atoms with Crippen molar-refractivity contribution in [1.82, 2.24) is 9.97 Å². The van der Waals surface area contributed by atoms with Crippen LogP contribution in [0, 0.1) is 0 Å². The summed E-state index contributed by atoms with van der Waals surface area (Å²) in [7, 11) is 0. The predicted molar refractivity (Wildman–Crippen MR) is 74.6 cm³/mol. The summed E-state index contributed by atoms with van der Waals surface area (Å²) in [4.78, 5) is 7.05. The maximum absolute atomic E-state index is 5.95. The van der Waals surface area contributed by atoms with Gasteiger partial charge < -0.3 is 10.7 Å². The first-order valence-corrected chi connectivity index (χ1v) is 6.55. The Morgan fingerprint density at radius 3 is 2.59 bits per heavy atom. The van der Waals surface area contributed by atoms with Gasteiger partial charge in [-0.1, -0.05) is 29.3 Å². The molecule has 0 spiro atoms. The molecule has 2 rings (SSSR count). The van der Waals surface area contributed by atoms with E-state index in [-0.39, 0.29) is 0 Å². The maximum Gasteiger partial charge on any atom is 0.198 e. The van der Waals surface area contributed by atoms with Crippen molar-refractivity contribution >= 4 is 45.1 Å². The number of rotatable bonds is 3. The van der Waals surface area contributed by atoms with Crippen molar-refractivity contribution in [3.8, 4) is 0 Å². The summed E-state index contributed by atoms with van der Waals surface area (Å²) in [6, 6.07) is 5.63. The number of aromatic nitrogens is 2. The molecule has 90 valence electrons. The molecule has 0 saturated heterocycles. The standard InChI is InChI=1S/C11H10BrCl2N3/c12-10-9(16-11(15)17-10)4-2-6-1-3-7(13)8(14)5-6/h1,3,5H,2,4H2,(H3,15,16,17). The van der Waals surface area contributed by atoms with Gasteiger partial charge in [-0.2, -0.15) is 0 Å². The van der Waals surface area contributed by atoms with Gasteiger partial charge in [-0.3, -0.25) is 0 Å². The minimum absolute atomic E-state index is 0.418. The second kappa shape index (κ2) is 5.29. The van der Waals surface area contributed by atoms with Gasteiger partial charge in [-0.15, -0.1) is 0 Å². The molecule has 17 heavy (non-hydrogen) atoms. The zero-order chi connectivity index (χ0) is 12.4. The fourth-order valence-electron chi connectivity index (χ4n) is 1.54. The summed E-state index contributed by atoms with van der Waals surface area (Å²) >= 11 is 15.2. The van der Waals surface area contributed by atoms with Gasteiger partial charge in [0.1, 0.15) is 4.60 Å². The van der Waals surface area contributed by atoms with E-state index >= 15 is 0 Å². The Kier molecular flexibility index (Phi) is 3.97. The fourth-order valence-corrected chi connectivity index (χ4v) is 2.35. The molecule has 0 fully saturated rings. The first-order chi connectivity index (χ1) is 8.06. The molecule has 1 heterocycles. The molecule has 1 aromatic carbocycles. The maximum atomic E-state index is 5.95. The number of nitrogens with two attached hydrogens (primary N) is 1. The van der Waals surface area contributed by atoms with Crippen molar-refractivity contribution in [1.29, 1.82) is 0 Å². The lowest BCUT2D eigenvalue weighted by Crippen LogP contribution is -1.93. The lowest BCUT2D eigenvalue weighted by molar-refractivity contribution is 0.920. The summed E-state index contributed by atoms with van der Waals surface area (Å²) in [6.45, 7) is 0. The lowest BCUT2D eigenvalue weighted by atomic mass is 10.1. The molecular formula is C11H10BrCl2N3. The third-order valence-electron chi connectivity index (χ3n) is 2.39. The molecule has 0 radical (unpaired) electrons. The Bertz CT molecular complexity index is 540. The minimum Gasteiger partial charge on any atom is -0.369 e. The molecule has 0 aliphatic heterocycles. The molecule has 0 aliphatic carbocycles. The number of aromatic amines is 1. The zero-order valence-corrected chi connectivity index (χ0v) is 11.9. The average molecular weight is 335 g/mol. The molecule has 0 saturated carbocycles. The van der Waals surface area contributed by atoms with Crippen molar-refractivity contribution in [3.05, 3.63) is 44.1 Å². The van der Waals surface area contributed by atoms with E-state index in [1.54, 1.807) is 6.07 Å². The Balaban J connectivity index is 2.07. The van der Waals surface area contributed by atoms with Gasteiger partial charge >= 0.3 is 0 Å². The third kappa shape index (κ3) is 3.15. The number of nitrogens with one attached hydrogen (secondary N) is 1. The molecule has 3 N–H and O–H groups in total. The van der Waals surface area contributed by atoms with Crippen LogP contribution in [0.2, 0.25) is 10.0 Å². The highest BCUT2D eigenvalue weighted by molar-refractivity contribution is 9.10. The molecular weight excluding hydrogens is 325 g/mol. The number of aryl methyl sites for hydroxylation is 2. The van der Waals surface area contributed by atoms with Crippen LogP contribution in [-0.2, 0) is 12.8 Å². The Hall–Kier alpha value is -0.710. The van der Waals surface area contributed by atoms with E-state index in [9.17, 15) is 0 Å². The van der Waals surface area contributed by atoms with Crippen molar-refractivity contribution in [2.45, 2.75) is 12.8 Å². The number of imidazole rings is 1. The molecule has 1 aromatic heterocycles. The van der Waals surface area contributed by atoms with Gasteiger partial charge in [0.2, 0.25) is 0 Å². The summed E-state index contributed by atoms with van der Waals surface area (Å²) in [5.74, 6) is 0.418. The summed E-state index contributed by atoms with van der Waals surface area (Å²) < 4.78 is 0.759. The molecule has 0 amide bonds. The normalized spacial score (nSPS) is 10.8. The lowest BCUT2D eigenvalue weighted by Gasteiger charge is -2.02. The highest BCUT2D eigenvalue weighted by Gasteiger charge is 2.06. The van der Waals surface area contributed by atoms with E-state index in [1.807, 2.05) is 12.1 Å². The van der Waals surface area contributed by atoms with E-state index in [1.165, 1.54) is 0 Å². The third-order valence-corrected chi connectivity index (χ3v) is 3.79. The number of anilines is 1. The Labute approximate surface area is 117 Å². The average Bonchev–Trinajstić information content (AvgIpc) is 2.59. The summed E-state index contributed by atoms with van der Waals surface area (Å²) in [5, 5.41) is 1.15. The van der Waals surface area contributed by atoms with E-state index in [0.29, 0.717) is 16.0 Å². The molecule has 0 bridgehead atoms. The Morgan fingerprint density at radius 1 is 1.24 bits per heavy atom. The van der Waals surface area contributed by atoms with E-state index in [2.05, 4.69) is 25.9 Å². The largest absolute Gasteiger partial charge is 0.369 e. The summed E-state index contributed by atoms with van der Waals surface area (Å²) in [6.07, 6.45) is 1.65. The van der Waals surface area contributed by atoms with Crippen LogP contribution in [-0.4, -0.2) is 9.97 Å². The predicted octanol–water partition coefficient (Wildman–Crippen LogP) is 3.85. The van der Waals surface area contributed by atoms with E-state index < -0.39 is 0 Å². The molecule has 0 aliphatic rings. The molecule has 0 unspecified atom stereocenters. The minimum atomic E-state index is 0.418. The summed E-state index contributed by atoms with van der Waals surface area (Å²) in [5.41, 5.74) is 7.66. The number of benzene rings is 1. The monoisotopic (exact) mass is 333 g/mol. The number of nitrogens with zero attached hydrogens (tertiary/aromatic N) is 1. The highest BCUT2D eigenvalue weighted by Crippen LogP contribution is 2.24. The van der Waals surface area contributed by atoms with Gasteiger partial charge in [0.25, 0.3) is 0 Å². The quantitative estimate of drug-likeness (QED) is 0.895. The molecule has 2 aromatic rings. The second-order valence-electron chi connectivity index (χ2n) is 3.64. The van der Waals surface area contributed by atoms with E-state index in [4.69, 9.17) is 28.9 Å². The van der Waals surface area contributed by atoms with Gasteiger partial charge in [0.15, 0.2) is 5.95 Å². The van der Waals surface area contributed by atoms with Crippen molar-refractivity contribution < 1.29 is 0 Å². The topological polar surface area (TPSA) is 54.7 Å². The van der Waals surface area contributed by atoms with Crippen LogP contribution in [0.1, 0.15) is 11.3 Å². The van der Waals surface area contributed by atoms with Crippen molar-refractivity contribution in [2.24, 2.45) is 0 Å². The molecule has 3 nitrogen and oxygen atoms in total. The number of nitrogen functional groups attached to an aromatic ring is 1. The number of hydrogen-bond donors (Lipinski definition) is 2. The van der Waals surface area contributed by atoms with Crippen LogP contribution >= 0.6 is 39.1 Å². The number of halogens is 3. The zero-order valence-electron chi connectivity index (χ0n) is 8.80. The van der Waals surface area contributed by atoms with E-state index in [0.717, 1.165) is 28.7 Å². The Morgan fingerprint density at radius 2 is 2.00 bits per heavy atom. The highest BCUT2D eigenvalue weighted by atomic mass is 79.9. The molecule has 6 heteroatoms. The van der Waals surface area contributed by atoms with Gasteiger partial charge in [0, 0.05) is 0 Å². The second-order valence-corrected chi connectivity index (χ2v) is 5.21. The van der Waals surface area contributed by atoms with Crippen LogP contribution in [0.5, 0.6) is 0 Å². The van der Waals surface area contributed by atoms with Gasteiger partial charge in [-0.05, 0) is 46.5 Å². The van der Waals surface area contributed by atoms with Crippen molar-refractivity contribution in [3.63, 3.8) is 0 Å². The first-order valence-electron chi connectivity index (χ1n) is 5.00. The first kappa shape index (κ1) is 12.7. The number of hydrogen-bond acceptors (Lipinski definition) is 2. The van der Waals surface area contributed by atoms with Gasteiger partial charge in [0.05, 0.1) is 15.7 Å². The van der Waals surface area contributed by atoms with Crippen LogP contribution in [0.4, 0.5) is 5.95 Å². The van der Waals surface area contributed by atoms with Crippen LogP contribution in [0.3, 0.4) is 0 Å². The SMILES string of the molecule is Nc1nc(Br)c(CCc2ccc(Cl)c(Cl)c2)[nH]1. The van der Waals surface area contributed by atoms with Gasteiger partial charge in [-0.25, -0.2) is 4.98 Å². The fraction of sp³-hybridized carbons (Fsp3) is 0.182. The smallest absolute Gasteiger partial charge is 0.198 e. The van der Waals surface area contributed by atoms with Crippen LogP contribution in [0.15, 0.2) is 22.8 Å². The number of H-pyrrole nitrogens is 1. The van der Waals surface area contributed by atoms with Crippen LogP contribution < -0.4 is 5.73 Å². The molecule has 0 atom stereocenters. The van der Waals surface area contributed by atoms with Crippen LogP contribution in [0.25, 0.3) is 0 Å².